The SMILES string of the molecule is CCC(O)CNc1cc(Br)nc(C(C)(C)C)n1. The van der Waals surface area contributed by atoms with Crippen LogP contribution in [0.1, 0.15) is 39.9 Å². The van der Waals surface area contributed by atoms with Crippen molar-refractivity contribution in [1.29, 1.82) is 0 Å². The summed E-state index contributed by atoms with van der Waals surface area (Å²) in [5.74, 6) is 1.52. The fourth-order valence-electron chi connectivity index (χ4n) is 1.21. The number of nitrogens with one attached hydrogen (secondary N) is 1. The molecule has 1 rings (SSSR count). The van der Waals surface area contributed by atoms with Crippen molar-refractivity contribution in [2.24, 2.45) is 0 Å². The first-order valence-corrected chi connectivity index (χ1v) is 6.59. The van der Waals surface area contributed by atoms with E-state index < -0.39 is 0 Å². The molecule has 0 aromatic carbocycles. The minimum Gasteiger partial charge on any atom is -0.391 e. The molecule has 0 fully saturated rings. The fourth-order valence-corrected chi connectivity index (χ4v) is 1.60. The summed E-state index contributed by atoms with van der Waals surface area (Å²) in [7, 11) is 0. The maximum absolute atomic E-state index is 9.50. The number of anilines is 1. The molecule has 0 aliphatic rings. The zero-order valence-corrected chi connectivity index (χ0v) is 12.4. The lowest BCUT2D eigenvalue weighted by atomic mass is 9.96. The Bertz CT molecular complexity index is 377. The lowest BCUT2D eigenvalue weighted by Gasteiger charge is -2.18. The van der Waals surface area contributed by atoms with Crippen LogP contribution in [-0.4, -0.2) is 27.7 Å². The highest BCUT2D eigenvalue weighted by Crippen LogP contribution is 2.22. The number of rotatable bonds is 4. The van der Waals surface area contributed by atoms with Crippen molar-refractivity contribution in [3.63, 3.8) is 0 Å². The van der Waals surface area contributed by atoms with Gasteiger partial charge in [-0.15, -0.1) is 0 Å². The Hall–Kier alpha value is -0.680. The molecule has 1 atom stereocenters. The lowest BCUT2D eigenvalue weighted by Crippen LogP contribution is -2.21. The first kappa shape index (κ1) is 14.4. The third-order valence-corrected chi connectivity index (χ3v) is 2.76. The molecule has 1 unspecified atom stereocenters. The van der Waals surface area contributed by atoms with Gasteiger partial charge in [0.15, 0.2) is 0 Å². The van der Waals surface area contributed by atoms with Crippen LogP contribution in [0.4, 0.5) is 5.82 Å². The Morgan fingerprint density at radius 3 is 2.59 bits per heavy atom. The van der Waals surface area contributed by atoms with E-state index in [1.807, 2.05) is 13.0 Å². The second kappa shape index (κ2) is 5.78. The number of halogens is 1. The summed E-state index contributed by atoms with van der Waals surface area (Å²) in [5.41, 5.74) is -0.0937. The minimum atomic E-state index is -0.346. The summed E-state index contributed by atoms with van der Waals surface area (Å²) in [6.45, 7) is 8.66. The number of hydrogen-bond acceptors (Lipinski definition) is 4. The summed E-state index contributed by atoms with van der Waals surface area (Å²) in [4.78, 5) is 8.80. The van der Waals surface area contributed by atoms with E-state index in [0.29, 0.717) is 6.54 Å². The summed E-state index contributed by atoms with van der Waals surface area (Å²) < 4.78 is 0.755. The van der Waals surface area contributed by atoms with Gasteiger partial charge in [-0.1, -0.05) is 27.7 Å². The Morgan fingerprint density at radius 1 is 1.41 bits per heavy atom. The van der Waals surface area contributed by atoms with E-state index >= 15 is 0 Å². The molecule has 0 bridgehead atoms. The molecule has 5 heteroatoms. The monoisotopic (exact) mass is 301 g/mol. The average molecular weight is 302 g/mol. The van der Waals surface area contributed by atoms with E-state index in [-0.39, 0.29) is 11.5 Å². The van der Waals surface area contributed by atoms with Crippen molar-refractivity contribution in [2.45, 2.75) is 45.6 Å². The highest BCUT2D eigenvalue weighted by Gasteiger charge is 2.18. The maximum atomic E-state index is 9.50. The van der Waals surface area contributed by atoms with Gasteiger partial charge in [0.1, 0.15) is 16.2 Å². The van der Waals surface area contributed by atoms with Crippen LogP contribution in [0.3, 0.4) is 0 Å². The van der Waals surface area contributed by atoms with Gasteiger partial charge >= 0.3 is 0 Å². The zero-order chi connectivity index (χ0) is 13.1. The predicted octanol–water partition coefficient (Wildman–Crippen LogP) is 2.72. The number of aliphatic hydroxyl groups excluding tert-OH is 1. The molecule has 0 radical (unpaired) electrons. The highest BCUT2D eigenvalue weighted by molar-refractivity contribution is 9.10. The second-order valence-corrected chi connectivity index (χ2v) is 5.90. The van der Waals surface area contributed by atoms with E-state index in [4.69, 9.17) is 0 Å². The molecule has 4 nitrogen and oxygen atoms in total. The topological polar surface area (TPSA) is 58.0 Å². The summed E-state index contributed by atoms with van der Waals surface area (Å²) in [6, 6.07) is 1.82. The van der Waals surface area contributed by atoms with Crippen molar-refractivity contribution in [3.8, 4) is 0 Å². The third kappa shape index (κ3) is 4.60. The van der Waals surface area contributed by atoms with Crippen LogP contribution in [0, 0.1) is 0 Å². The molecular weight excluding hydrogens is 282 g/mol. The first-order chi connectivity index (χ1) is 7.82. The van der Waals surface area contributed by atoms with Gasteiger partial charge < -0.3 is 10.4 Å². The van der Waals surface area contributed by atoms with Crippen molar-refractivity contribution < 1.29 is 5.11 Å². The van der Waals surface area contributed by atoms with Gasteiger partial charge in [-0.2, -0.15) is 0 Å². The van der Waals surface area contributed by atoms with Gasteiger partial charge in [0.05, 0.1) is 6.10 Å². The van der Waals surface area contributed by atoms with Gasteiger partial charge in [-0.3, -0.25) is 0 Å². The van der Waals surface area contributed by atoms with Crippen LogP contribution >= 0.6 is 15.9 Å². The molecule has 2 N–H and O–H groups in total. The molecule has 1 aromatic heterocycles. The highest BCUT2D eigenvalue weighted by atomic mass is 79.9. The molecule has 0 aliphatic heterocycles. The van der Waals surface area contributed by atoms with Gasteiger partial charge in [-0.25, -0.2) is 9.97 Å². The number of nitrogens with zero attached hydrogens (tertiary/aromatic N) is 2. The van der Waals surface area contributed by atoms with Crippen molar-refractivity contribution >= 4 is 21.7 Å². The van der Waals surface area contributed by atoms with Crippen LogP contribution in [0.25, 0.3) is 0 Å². The molecule has 0 aliphatic carbocycles. The van der Waals surface area contributed by atoms with Crippen LogP contribution in [0.5, 0.6) is 0 Å². The van der Waals surface area contributed by atoms with Gasteiger partial charge in [0, 0.05) is 18.0 Å². The molecular formula is C12H20BrN3O. The largest absolute Gasteiger partial charge is 0.391 e. The molecule has 1 heterocycles. The molecule has 0 saturated heterocycles. The van der Waals surface area contributed by atoms with Crippen LogP contribution in [0.2, 0.25) is 0 Å². The molecule has 17 heavy (non-hydrogen) atoms. The summed E-state index contributed by atoms with van der Waals surface area (Å²) >= 11 is 3.38. The molecule has 96 valence electrons. The van der Waals surface area contributed by atoms with Crippen LogP contribution in [0.15, 0.2) is 10.7 Å². The molecule has 0 amide bonds. The van der Waals surface area contributed by atoms with Crippen molar-refractivity contribution in [3.05, 3.63) is 16.5 Å². The minimum absolute atomic E-state index is 0.0937. The van der Waals surface area contributed by atoms with E-state index in [1.54, 1.807) is 0 Å². The first-order valence-electron chi connectivity index (χ1n) is 5.80. The molecule has 0 saturated carbocycles. The van der Waals surface area contributed by atoms with E-state index in [9.17, 15) is 5.11 Å². The lowest BCUT2D eigenvalue weighted by molar-refractivity contribution is 0.183. The van der Waals surface area contributed by atoms with Crippen LogP contribution in [-0.2, 0) is 5.41 Å². The van der Waals surface area contributed by atoms with Crippen molar-refractivity contribution in [1.82, 2.24) is 9.97 Å². The normalized spacial score (nSPS) is 13.5. The standard InChI is InChI=1S/C12H20BrN3O/c1-5-8(17)7-14-10-6-9(13)15-11(16-10)12(2,3)4/h6,8,17H,5,7H2,1-4H3,(H,14,15,16). The second-order valence-electron chi connectivity index (χ2n) is 5.09. The van der Waals surface area contributed by atoms with Gasteiger partial charge in [-0.05, 0) is 22.4 Å². The molecule has 1 aromatic rings. The Labute approximate surface area is 111 Å². The van der Waals surface area contributed by atoms with Gasteiger partial charge in [0.2, 0.25) is 0 Å². The van der Waals surface area contributed by atoms with E-state index in [1.165, 1.54) is 0 Å². The number of aromatic nitrogens is 2. The summed E-state index contributed by atoms with van der Waals surface area (Å²) in [6.07, 6.45) is 0.382. The predicted molar refractivity (Wildman–Crippen MR) is 73.2 cm³/mol. The Kier molecular flexibility index (Phi) is 4.89. The third-order valence-electron chi connectivity index (χ3n) is 2.36. The van der Waals surface area contributed by atoms with E-state index in [2.05, 4.69) is 52.0 Å². The average Bonchev–Trinajstić information content (AvgIpc) is 2.24. The van der Waals surface area contributed by atoms with Crippen molar-refractivity contribution in [2.75, 3.05) is 11.9 Å². The van der Waals surface area contributed by atoms with Gasteiger partial charge in [0.25, 0.3) is 0 Å². The quantitative estimate of drug-likeness (QED) is 0.840. The maximum Gasteiger partial charge on any atom is 0.137 e. The van der Waals surface area contributed by atoms with Crippen LogP contribution < -0.4 is 5.32 Å². The number of hydrogen-bond donors (Lipinski definition) is 2. The smallest absolute Gasteiger partial charge is 0.137 e. The Morgan fingerprint density at radius 2 is 2.06 bits per heavy atom. The number of aliphatic hydroxyl groups is 1. The zero-order valence-electron chi connectivity index (χ0n) is 10.8. The fraction of sp³-hybridized carbons (Fsp3) is 0.667. The van der Waals surface area contributed by atoms with E-state index in [0.717, 1.165) is 22.7 Å². The summed E-state index contributed by atoms with van der Waals surface area (Å²) in [5, 5.41) is 12.6. The Balaban J connectivity index is 2.83. The molecule has 0 spiro atoms.